The van der Waals surface area contributed by atoms with Crippen LogP contribution in [0, 0.1) is 5.92 Å². The van der Waals surface area contributed by atoms with Crippen LogP contribution in [-0.2, 0) is 11.2 Å². The van der Waals surface area contributed by atoms with Gasteiger partial charge in [-0.15, -0.1) is 11.3 Å². The van der Waals surface area contributed by atoms with E-state index in [0.29, 0.717) is 5.02 Å². The van der Waals surface area contributed by atoms with Crippen LogP contribution < -0.4 is 5.32 Å². The normalized spacial score (nSPS) is 12.3. The number of amides is 1. The molecule has 3 rings (SSSR count). The van der Waals surface area contributed by atoms with Gasteiger partial charge in [0.05, 0.1) is 24.4 Å². The monoisotopic (exact) mass is 374 g/mol. The van der Waals surface area contributed by atoms with E-state index in [9.17, 15) is 4.79 Å². The molecule has 0 radical (unpaired) electrons. The summed E-state index contributed by atoms with van der Waals surface area (Å²) in [7, 11) is 0. The number of furan rings is 1. The standard InChI is InChI=1S/C19H19ClN2O2S/c1-12(2)18(13-5-7-14(20)8-6-13)22-17(23)10-15-11-25-19(21-15)16-4-3-9-24-16/h3-9,11-12,18H,10H2,1-2H3,(H,22,23). The van der Waals surface area contributed by atoms with E-state index in [2.05, 4.69) is 24.1 Å². The fourth-order valence-corrected chi connectivity index (χ4v) is 3.51. The average molecular weight is 375 g/mol. The number of nitrogens with zero attached hydrogens (tertiary/aromatic N) is 1. The lowest BCUT2D eigenvalue weighted by molar-refractivity contribution is -0.121. The maximum Gasteiger partial charge on any atom is 0.226 e. The Labute approximate surface area is 155 Å². The van der Waals surface area contributed by atoms with E-state index >= 15 is 0 Å². The van der Waals surface area contributed by atoms with Crippen molar-refractivity contribution in [1.29, 1.82) is 0 Å². The average Bonchev–Trinajstić information content (AvgIpc) is 3.24. The second kappa shape index (κ2) is 7.85. The van der Waals surface area contributed by atoms with Crippen molar-refractivity contribution < 1.29 is 9.21 Å². The number of thiazole rings is 1. The zero-order valence-electron chi connectivity index (χ0n) is 14.0. The van der Waals surface area contributed by atoms with Crippen molar-refractivity contribution >= 4 is 28.8 Å². The predicted molar refractivity (Wildman–Crippen MR) is 101 cm³/mol. The predicted octanol–water partition coefficient (Wildman–Crippen LogP) is 5.11. The van der Waals surface area contributed by atoms with Crippen LogP contribution in [0.15, 0.2) is 52.5 Å². The number of aromatic nitrogens is 1. The highest BCUT2D eigenvalue weighted by atomic mass is 35.5. The molecule has 130 valence electrons. The molecule has 0 bridgehead atoms. The summed E-state index contributed by atoms with van der Waals surface area (Å²) < 4.78 is 5.34. The van der Waals surface area contributed by atoms with Gasteiger partial charge in [0.1, 0.15) is 0 Å². The van der Waals surface area contributed by atoms with Crippen LogP contribution in [0.25, 0.3) is 10.8 Å². The second-order valence-corrected chi connectivity index (χ2v) is 7.43. The van der Waals surface area contributed by atoms with Crippen LogP contribution in [0.4, 0.5) is 0 Å². The number of carbonyl (C=O) groups is 1. The summed E-state index contributed by atoms with van der Waals surface area (Å²) in [5.41, 5.74) is 1.79. The zero-order valence-corrected chi connectivity index (χ0v) is 15.6. The topological polar surface area (TPSA) is 55.1 Å². The van der Waals surface area contributed by atoms with Gasteiger partial charge in [0.2, 0.25) is 5.91 Å². The molecule has 2 aromatic heterocycles. The summed E-state index contributed by atoms with van der Waals surface area (Å²) in [6.45, 7) is 4.16. The minimum atomic E-state index is -0.0621. The molecule has 1 unspecified atom stereocenters. The van der Waals surface area contributed by atoms with Crippen molar-refractivity contribution in [3.05, 3.63) is 64.3 Å². The number of benzene rings is 1. The third kappa shape index (κ3) is 4.50. The molecule has 2 heterocycles. The van der Waals surface area contributed by atoms with E-state index in [4.69, 9.17) is 16.0 Å². The molecular weight excluding hydrogens is 356 g/mol. The van der Waals surface area contributed by atoms with E-state index in [1.165, 1.54) is 11.3 Å². The Morgan fingerprint density at radius 2 is 2.04 bits per heavy atom. The Bertz CT molecular complexity index is 825. The van der Waals surface area contributed by atoms with E-state index < -0.39 is 0 Å². The molecule has 0 spiro atoms. The summed E-state index contributed by atoms with van der Waals surface area (Å²) in [6, 6.07) is 11.2. The molecule has 0 aliphatic rings. The van der Waals surface area contributed by atoms with Crippen molar-refractivity contribution in [1.82, 2.24) is 10.3 Å². The molecule has 1 atom stereocenters. The first-order valence-electron chi connectivity index (χ1n) is 8.06. The quantitative estimate of drug-likeness (QED) is 0.652. The second-order valence-electron chi connectivity index (χ2n) is 6.14. The maximum absolute atomic E-state index is 12.5. The summed E-state index contributed by atoms with van der Waals surface area (Å²) in [4.78, 5) is 16.9. The minimum Gasteiger partial charge on any atom is -0.462 e. The van der Waals surface area contributed by atoms with Crippen molar-refractivity contribution in [2.75, 3.05) is 0 Å². The highest BCUT2D eigenvalue weighted by molar-refractivity contribution is 7.13. The van der Waals surface area contributed by atoms with Crippen LogP contribution >= 0.6 is 22.9 Å². The first kappa shape index (κ1) is 17.7. The Morgan fingerprint density at radius 3 is 2.68 bits per heavy atom. The van der Waals surface area contributed by atoms with Crippen LogP contribution in [0.2, 0.25) is 5.02 Å². The maximum atomic E-state index is 12.5. The fraction of sp³-hybridized carbons (Fsp3) is 0.263. The van der Waals surface area contributed by atoms with Gasteiger partial charge in [0.25, 0.3) is 0 Å². The molecule has 3 aromatic rings. The van der Waals surface area contributed by atoms with Crippen LogP contribution in [0.5, 0.6) is 0 Å². The lowest BCUT2D eigenvalue weighted by atomic mass is 9.96. The summed E-state index contributed by atoms with van der Waals surface area (Å²) in [5.74, 6) is 0.932. The number of hydrogen-bond acceptors (Lipinski definition) is 4. The largest absolute Gasteiger partial charge is 0.462 e. The van der Waals surface area contributed by atoms with Crippen molar-refractivity contribution in [2.24, 2.45) is 5.92 Å². The fourth-order valence-electron chi connectivity index (χ4n) is 2.60. The molecule has 25 heavy (non-hydrogen) atoms. The molecule has 6 heteroatoms. The zero-order chi connectivity index (χ0) is 17.8. The first-order chi connectivity index (χ1) is 12.0. The smallest absolute Gasteiger partial charge is 0.226 e. The van der Waals surface area contributed by atoms with Gasteiger partial charge in [-0.2, -0.15) is 0 Å². The highest BCUT2D eigenvalue weighted by Crippen LogP contribution is 2.25. The van der Waals surface area contributed by atoms with E-state index in [0.717, 1.165) is 22.0 Å². The van der Waals surface area contributed by atoms with Gasteiger partial charge in [-0.3, -0.25) is 4.79 Å². The van der Waals surface area contributed by atoms with E-state index in [-0.39, 0.29) is 24.3 Å². The Balaban J connectivity index is 1.67. The molecular formula is C19H19ClN2O2S. The molecule has 1 N–H and O–H groups in total. The molecule has 0 fully saturated rings. The lowest BCUT2D eigenvalue weighted by Gasteiger charge is -2.23. The number of nitrogens with one attached hydrogen (secondary N) is 1. The van der Waals surface area contributed by atoms with Crippen LogP contribution in [0.3, 0.4) is 0 Å². The van der Waals surface area contributed by atoms with Crippen molar-refractivity contribution in [3.8, 4) is 10.8 Å². The van der Waals surface area contributed by atoms with Gasteiger partial charge in [-0.25, -0.2) is 4.98 Å². The Hall–Kier alpha value is -2.11. The van der Waals surface area contributed by atoms with E-state index in [1.54, 1.807) is 6.26 Å². The number of rotatable bonds is 6. The molecule has 0 saturated heterocycles. The van der Waals surface area contributed by atoms with Gasteiger partial charge >= 0.3 is 0 Å². The third-order valence-electron chi connectivity index (χ3n) is 3.84. The van der Waals surface area contributed by atoms with Gasteiger partial charge in [-0.1, -0.05) is 37.6 Å². The lowest BCUT2D eigenvalue weighted by Crippen LogP contribution is -2.32. The Kier molecular flexibility index (Phi) is 5.56. The third-order valence-corrected chi connectivity index (χ3v) is 5.00. The van der Waals surface area contributed by atoms with Gasteiger partial charge < -0.3 is 9.73 Å². The molecule has 1 aromatic carbocycles. The molecule has 0 saturated carbocycles. The van der Waals surface area contributed by atoms with Gasteiger partial charge in [0, 0.05) is 10.4 Å². The van der Waals surface area contributed by atoms with Gasteiger partial charge in [0.15, 0.2) is 10.8 Å². The molecule has 4 nitrogen and oxygen atoms in total. The van der Waals surface area contributed by atoms with Crippen molar-refractivity contribution in [2.45, 2.75) is 26.3 Å². The Morgan fingerprint density at radius 1 is 1.28 bits per heavy atom. The van der Waals surface area contributed by atoms with Crippen molar-refractivity contribution in [3.63, 3.8) is 0 Å². The summed E-state index contributed by atoms with van der Waals surface area (Å²) in [5, 5.41) is 6.47. The van der Waals surface area contributed by atoms with Crippen LogP contribution in [0.1, 0.15) is 31.1 Å². The molecule has 1 amide bonds. The summed E-state index contributed by atoms with van der Waals surface area (Å²) in [6.07, 6.45) is 1.86. The number of halogens is 1. The number of carbonyl (C=O) groups excluding carboxylic acids is 1. The SMILES string of the molecule is CC(C)C(NC(=O)Cc1csc(-c2ccco2)n1)c1ccc(Cl)cc1. The molecule has 0 aliphatic heterocycles. The highest BCUT2D eigenvalue weighted by Gasteiger charge is 2.19. The van der Waals surface area contributed by atoms with Gasteiger partial charge in [-0.05, 0) is 35.7 Å². The number of hydrogen-bond donors (Lipinski definition) is 1. The first-order valence-corrected chi connectivity index (χ1v) is 9.32. The van der Waals surface area contributed by atoms with Crippen LogP contribution in [-0.4, -0.2) is 10.9 Å². The minimum absolute atomic E-state index is 0.0510. The van der Waals surface area contributed by atoms with E-state index in [1.807, 2.05) is 41.8 Å². The summed E-state index contributed by atoms with van der Waals surface area (Å²) >= 11 is 7.42. The molecule has 0 aliphatic carbocycles.